The van der Waals surface area contributed by atoms with E-state index in [0.717, 1.165) is 0 Å². The summed E-state index contributed by atoms with van der Waals surface area (Å²) in [5.41, 5.74) is -0.890. The highest BCUT2D eigenvalue weighted by molar-refractivity contribution is 6.35. The first-order chi connectivity index (χ1) is 9.62. The third kappa shape index (κ3) is 7.28. The van der Waals surface area contributed by atoms with E-state index in [9.17, 15) is 19.2 Å². The van der Waals surface area contributed by atoms with Crippen molar-refractivity contribution in [1.29, 1.82) is 0 Å². The monoisotopic (exact) mass is 303 g/mol. The highest BCUT2D eigenvalue weighted by atomic mass is 16.6. The summed E-state index contributed by atoms with van der Waals surface area (Å²) in [5, 5.41) is 0. The van der Waals surface area contributed by atoms with Gasteiger partial charge in [-0.05, 0) is 34.6 Å². The second-order valence-electron chi connectivity index (χ2n) is 4.90. The SMILES string of the molecule is CCOC(=O)CN(C(=O)OC(C)(C)C)C(=O)C(=O)OCC. The molecule has 0 N–H and O–H groups in total. The molecule has 8 nitrogen and oxygen atoms in total. The van der Waals surface area contributed by atoms with Crippen LogP contribution in [0.1, 0.15) is 34.6 Å². The first kappa shape index (κ1) is 18.9. The molecular formula is C13H21NO7. The molecule has 8 heteroatoms. The van der Waals surface area contributed by atoms with Gasteiger partial charge in [0.2, 0.25) is 0 Å². The molecule has 0 aliphatic rings. The molecule has 0 saturated carbocycles. The lowest BCUT2D eigenvalue weighted by molar-refractivity contribution is -0.161. The summed E-state index contributed by atoms with van der Waals surface area (Å²) < 4.78 is 14.1. The highest BCUT2D eigenvalue weighted by Crippen LogP contribution is 2.10. The van der Waals surface area contributed by atoms with Gasteiger partial charge in [0.25, 0.3) is 0 Å². The van der Waals surface area contributed by atoms with Crippen LogP contribution in [0.25, 0.3) is 0 Å². The Hall–Kier alpha value is -2.12. The molecule has 120 valence electrons. The summed E-state index contributed by atoms with van der Waals surface area (Å²) in [7, 11) is 0. The van der Waals surface area contributed by atoms with Crippen LogP contribution < -0.4 is 0 Å². The van der Waals surface area contributed by atoms with Crippen LogP contribution >= 0.6 is 0 Å². The van der Waals surface area contributed by atoms with E-state index < -0.39 is 36.1 Å². The number of hydrogen-bond acceptors (Lipinski definition) is 7. The van der Waals surface area contributed by atoms with Gasteiger partial charge in [-0.1, -0.05) is 0 Å². The molecule has 0 atom stereocenters. The van der Waals surface area contributed by atoms with Crippen molar-refractivity contribution in [2.75, 3.05) is 19.8 Å². The Morgan fingerprint density at radius 3 is 1.90 bits per heavy atom. The number of hydrogen-bond donors (Lipinski definition) is 0. The number of ether oxygens (including phenoxy) is 3. The number of carbonyl (C=O) groups excluding carboxylic acids is 4. The summed E-state index contributed by atoms with van der Waals surface area (Å²) in [4.78, 5) is 47.0. The van der Waals surface area contributed by atoms with E-state index >= 15 is 0 Å². The van der Waals surface area contributed by atoms with Crippen molar-refractivity contribution in [1.82, 2.24) is 4.90 Å². The molecule has 0 rings (SSSR count). The van der Waals surface area contributed by atoms with Crippen molar-refractivity contribution < 1.29 is 33.4 Å². The van der Waals surface area contributed by atoms with E-state index in [4.69, 9.17) is 4.74 Å². The van der Waals surface area contributed by atoms with Gasteiger partial charge in [-0.15, -0.1) is 0 Å². The van der Waals surface area contributed by atoms with Gasteiger partial charge in [-0.3, -0.25) is 9.59 Å². The van der Waals surface area contributed by atoms with E-state index in [1.807, 2.05) is 0 Å². The Labute approximate surface area is 123 Å². The van der Waals surface area contributed by atoms with Crippen LogP contribution in [0.15, 0.2) is 0 Å². The maximum Gasteiger partial charge on any atom is 0.418 e. The minimum Gasteiger partial charge on any atom is -0.465 e. The molecule has 0 aromatic heterocycles. The first-order valence-corrected chi connectivity index (χ1v) is 6.49. The van der Waals surface area contributed by atoms with Gasteiger partial charge in [-0.25, -0.2) is 14.5 Å². The van der Waals surface area contributed by atoms with E-state index in [-0.39, 0.29) is 13.2 Å². The molecule has 21 heavy (non-hydrogen) atoms. The Morgan fingerprint density at radius 1 is 0.952 bits per heavy atom. The molecule has 2 amide bonds. The van der Waals surface area contributed by atoms with Crippen LogP contribution in [-0.2, 0) is 28.6 Å². The molecule has 0 bridgehead atoms. The van der Waals surface area contributed by atoms with E-state index in [2.05, 4.69) is 9.47 Å². The zero-order valence-electron chi connectivity index (χ0n) is 12.9. The lowest BCUT2D eigenvalue weighted by Gasteiger charge is -2.24. The summed E-state index contributed by atoms with van der Waals surface area (Å²) >= 11 is 0. The number of imide groups is 1. The third-order valence-electron chi connectivity index (χ3n) is 1.90. The van der Waals surface area contributed by atoms with Crippen LogP contribution in [-0.4, -0.2) is 54.2 Å². The van der Waals surface area contributed by atoms with Gasteiger partial charge in [0.1, 0.15) is 12.1 Å². The van der Waals surface area contributed by atoms with Crippen LogP contribution in [0.4, 0.5) is 4.79 Å². The molecule has 0 fully saturated rings. The number of amides is 2. The van der Waals surface area contributed by atoms with Gasteiger partial charge < -0.3 is 14.2 Å². The van der Waals surface area contributed by atoms with Gasteiger partial charge in [-0.2, -0.15) is 0 Å². The molecular weight excluding hydrogens is 282 g/mol. The van der Waals surface area contributed by atoms with Gasteiger partial charge in [0.15, 0.2) is 0 Å². The van der Waals surface area contributed by atoms with Gasteiger partial charge in [0.05, 0.1) is 13.2 Å². The summed E-state index contributed by atoms with van der Waals surface area (Å²) in [6.07, 6.45) is -1.12. The van der Waals surface area contributed by atoms with Crippen molar-refractivity contribution in [2.45, 2.75) is 40.2 Å². The number of rotatable bonds is 4. The highest BCUT2D eigenvalue weighted by Gasteiger charge is 2.34. The smallest absolute Gasteiger partial charge is 0.418 e. The minimum absolute atomic E-state index is 0.0356. The van der Waals surface area contributed by atoms with Crippen LogP contribution in [0, 0.1) is 0 Å². The van der Waals surface area contributed by atoms with Crippen molar-refractivity contribution in [2.24, 2.45) is 0 Å². The Bertz CT molecular complexity index is 411. The number of nitrogens with zero attached hydrogens (tertiary/aromatic N) is 1. The maximum atomic E-state index is 11.9. The van der Waals surface area contributed by atoms with Gasteiger partial charge >= 0.3 is 23.9 Å². The molecule has 0 heterocycles. The zero-order valence-corrected chi connectivity index (χ0v) is 12.9. The van der Waals surface area contributed by atoms with E-state index in [1.54, 1.807) is 27.7 Å². The predicted octanol–water partition coefficient (Wildman–Crippen LogP) is 0.876. The fourth-order valence-electron chi connectivity index (χ4n) is 1.18. The van der Waals surface area contributed by atoms with Crippen molar-refractivity contribution >= 4 is 23.9 Å². The topological polar surface area (TPSA) is 99.2 Å². The quantitative estimate of drug-likeness (QED) is 0.431. The molecule has 0 unspecified atom stereocenters. The molecule has 0 saturated heterocycles. The Balaban J connectivity index is 5.08. The van der Waals surface area contributed by atoms with Crippen LogP contribution in [0.5, 0.6) is 0 Å². The fourth-order valence-corrected chi connectivity index (χ4v) is 1.18. The second kappa shape index (κ2) is 8.23. The Morgan fingerprint density at radius 2 is 1.48 bits per heavy atom. The van der Waals surface area contributed by atoms with E-state index in [0.29, 0.717) is 4.90 Å². The first-order valence-electron chi connectivity index (χ1n) is 6.49. The maximum absolute atomic E-state index is 11.9. The fraction of sp³-hybridized carbons (Fsp3) is 0.692. The summed E-state index contributed by atoms with van der Waals surface area (Å²) in [6, 6.07) is 0. The zero-order chi connectivity index (χ0) is 16.6. The second-order valence-corrected chi connectivity index (χ2v) is 4.90. The average molecular weight is 303 g/mol. The Kier molecular flexibility index (Phi) is 7.40. The third-order valence-corrected chi connectivity index (χ3v) is 1.90. The average Bonchev–Trinajstić information content (AvgIpc) is 2.33. The molecule has 0 aliphatic carbocycles. The largest absolute Gasteiger partial charge is 0.465 e. The van der Waals surface area contributed by atoms with Crippen molar-refractivity contribution in [3.8, 4) is 0 Å². The normalized spacial score (nSPS) is 10.5. The molecule has 0 spiro atoms. The molecule has 0 aromatic rings. The lowest BCUT2D eigenvalue weighted by atomic mass is 10.2. The van der Waals surface area contributed by atoms with Crippen molar-refractivity contribution in [3.05, 3.63) is 0 Å². The number of carbonyl (C=O) groups is 4. The summed E-state index contributed by atoms with van der Waals surface area (Å²) in [6.45, 7) is 7.16. The van der Waals surface area contributed by atoms with Crippen LogP contribution in [0.2, 0.25) is 0 Å². The van der Waals surface area contributed by atoms with Gasteiger partial charge in [0, 0.05) is 0 Å². The standard InChI is InChI=1S/C13H21NO7/c1-6-19-9(15)8-14(10(16)11(17)20-7-2)12(18)21-13(3,4)5/h6-8H2,1-5H3. The van der Waals surface area contributed by atoms with Crippen LogP contribution in [0.3, 0.4) is 0 Å². The van der Waals surface area contributed by atoms with Crippen molar-refractivity contribution in [3.63, 3.8) is 0 Å². The predicted molar refractivity (Wildman–Crippen MR) is 71.2 cm³/mol. The van der Waals surface area contributed by atoms with E-state index in [1.165, 1.54) is 6.92 Å². The minimum atomic E-state index is -1.28. The lowest BCUT2D eigenvalue weighted by Crippen LogP contribution is -2.47. The molecule has 0 radical (unpaired) electrons. The number of esters is 2. The molecule has 0 aromatic carbocycles. The molecule has 0 aliphatic heterocycles. The summed E-state index contributed by atoms with van der Waals surface area (Å²) in [5.74, 6) is -3.35.